The number of aromatic nitrogens is 2. The van der Waals surface area contributed by atoms with Crippen molar-refractivity contribution in [3.05, 3.63) is 22.6 Å². The molecular formula is C14H19N3O2S2. The number of rotatable bonds is 3. The summed E-state index contributed by atoms with van der Waals surface area (Å²) in [7, 11) is -2.94. The topological polar surface area (TPSA) is 78.0 Å². The highest BCUT2D eigenvalue weighted by atomic mass is 32.2. The quantitative estimate of drug-likeness (QED) is 0.940. The zero-order chi connectivity index (χ0) is 15.2. The van der Waals surface area contributed by atoms with Crippen molar-refractivity contribution in [3.8, 4) is 10.6 Å². The average Bonchev–Trinajstić information content (AvgIpc) is 3.07. The molecule has 0 bridgehead atoms. The smallest absolute Gasteiger partial charge is 0.152 e. The van der Waals surface area contributed by atoms with E-state index in [4.69, 9.17) is 5.73 Å². The molecule has 2 aromatic heterocycles. The summed E-state index contributed by atoms with van der Waals surface area (Å²) < 4.78 is 25.1. The maximum absolute atomic E-state index is 11.7. The Kier molecular flexibility index (Phi) is 3.57. The Morgan fingerprint density at radius 3 is 2.76 bits per heavy atom. The molecule has 1 saturated heterocycles. The van der Waals surface area contributed by atoms with E-state index in [1.165, 1.54) is 4.88 Å². The van der Waals surface area contributed by atoms with Crippen molar-refractivity contribution >= 4 is 27.0 Å². The largest absolute Gasteiger partial charge is 0.384 e. The number of anilines is 1. The van der Waals surface area contributed by atoms with E-state index in [9.17, 15) is 8.42 Å². The van der Waals surface area contributed by atoms with E-state index in [0.29, 0.717) is 12.2 Å². The van der Waals surface area contributed by atoms with Gasteiger partial charge in [-0.05, 0) is 31.9 Å². The van der Waals surface area contributed by atoms with Gasteiger partial charge in [-0.2, -0.15) is 5.10 Å². The molecular weight excluding hydrogens is 306 g/mol. The molecule has 21 heavy (non-hydrogen) atoms. The van der Waals surface area contributed by atoms with Gasteiger partial charge in [0, 0.05) is 10.4 Å². The molecule has 1 aliphatic heterocycles. The van der Waals surface area contributed by atoms with E-state index in [2.05, 4.69) is 24.2 Å². The van der Waals surface area contributed by atoms with Crippen LogP contribution in [0.15, 0.2) is 12.1 Å². The minimum absolute atomic E-state index is 0.130. The second kappa shape index (κ2) is 5.14. The van der Waals surface area contributed by atoms with Crippen LogP contribution in [0.2, 0.25) is 0 Å². The number of hydrogen-bond donors (Lipinski definition) is 1. The second-order valence-corrected chi connectivity index (χ2v) is 8.99. The van der Waals surface area contributed by atoms with Crippen molar-refractivity contribution < 1.29 is 8.42 Å². The van der Waals surface area contributed by atoms with Crippen molar-refractivity contribution in [3.63, 3.8) is 0 Å². The Morgan fingerprint density at radius 1 is 1.48 bits per heavy atom. The molecule has 2 aromatic rings. The van der Waals surface area contributed by atoms with Crippen molar-refractivity contribution in [1.82, 2.24) is 9.78 Å². The van der Waals surface area contributed by atoms with Gasteiger partial charge in [-0.15, -0.1) is 11.3 Å². The van der Waals surface area contributed by atoms with E-state index in [1.54, 1.807) is 16.0 Å². The van der Waals surface area contributed by atoms with Crippen molar-refractivity contribution in [2.75, 3.05) is 17.2 Å². The molecule has 0 amide bonds. The molecule has 114 valence electrons. The van der Waals surface area contributed by atoms with Gasteiger partial charge in [-0.25, -0.2) is 13.1 Å². The molecule has 0 radical (unpaired) electrons. The van der Waals surface area contributed by atoms with Crippen LogP contribution in [0, 0.1) is 6.92 Å². The minimum Gasteiger partial charge on any atom is -0.384 e. The summed E-state index contributed by atoms with van der Waals surface area (Å²) in [5, 5.41) is 4.65. The van der Waals surface area contributed by atoms with Gasteiger partial charge < -0.3 is 5.73 Å². The summed E-state index contributed by atoms with van der Waals surface area (Å²) in [6.07, 6.45) is 1.39. The number of aryl methyl sites for hydroxylation is 1. The fraction of sp³-hybridized carbons (Fsp3) is 0.500. The van der Waals surface area contributed by atoms with Crippen LogP contribution in [0.1, 0.15) is 29.8 Å². The molecule has 1 fully saturated rings. The molecule has 0 saturated carbocycles. The van der Waals surface area contributed by atoms with Gasteiger partial charge in [0.25, 0.3) is 0 Å². The van der Waals surface area contributed by atoms with Crippen LogP contribution in [-0.4, -0.2) is 29.7 Å². The first-order chi connectivity index (χ1) is 9.91. The highest BCUT2D eigenvalue weighted by Gasteiger charge is 2.32. The third kappa shape index (κ3) is 2.60. The molecule has 3 rings (SSSR count). The zero-order valence-electron chi connectivity index (χ0n) is 12.2. The third-order valence-corrected chi connectivity index (χ3v) is 6.69. The highest BCUT2D eigenvalue weighted by Crippen LogP contribution is 2.35. The van der Waals surface area contributed by atoms with Crippen LogP contribution in [-0.2, 0) is 16.3 Å². The summed E-state index contributed by atoms with van der Waals surface area (Å²) in [5.41, 5.74) is 8.15. The van der Waals surface area contributed by atoms with Crippen LogP contribution >= 0.6 is 11.3 Å². The summed E-state index contributed by atoms with van der Waals surface area (Å²) in [5.74, 6) is 0.984. The Bertz CT molecular complexity index is 774. The molecule has 2 N–H and O–H groups in total. The summed E-state index contributed by atoms with van der Waals surface area (Å²) >= 11 is 1.69. The first-order valence-electron chi connectivity index (χ1n) is 7.05. The van der Waals surface area contributed by atoms with Gasteiger partial charge in [0.15, 0.2) is 9.84 Å². The predicted octanol–water partition coefficient (Wildman–Crippen LogP) is 2.42. The van der Waals surface area contributed by atoms with E-state index in [0.717, 1.165) is 22.6 Å². The molecule has 1 unspecified atom stereocenters. The maximum atomic E-state index is 11.7. The monoisotopic (exact) mass is 325 g/mol. The first kappa shape index (κ1) is 14.6. The standard InChI is InChI=1S/C14H19N3O2S2/c1-3-11-13(12-5-4-9(2)20-12)16-17(14(11)15)10-6-7-21(18,19)8-10/h4-5,10H,3,6-8,15H2,1-2H3. The van der Waals surface area contributed by atoms with Crippen LogP contribution in [0.25, 0.3) is 10.6 Å². The summed E-state index contributed by atoms with van der Waals surface area (Å²) in [6, 6.07) is 3.99. The lowest BCUT2D eigenvalue weighted by atomic mass is 10.1. The third-order valence-electron chi connectivity index (χ3n) is 3.93. The van der Waals surface area contributed by atoms with Crippen LogP contribution in [0.4, 0.5) is 5.82 Å². The minimum atomic E-state index is -2.94. The lowest BCUT2D eigenvalue weighted by molar-refractivity contribution is 0.508. The van der Waals surface area contributed by atoms with Gasteiger partial charge in [0.05, 0.1) is 22.4 Å². The van der Waals surface area contributed by atoms with Gasteiger partial charge in [-0.1, -0.05) is 6.92 Å². The van der Waals surface area contributed by atoms with Crippen molar-refractivity contribution in [2.45, 2.75) is 32.7 Å². The Morgan fingerprint density at radius 2 is 2.24 bits per heavy atom. The maximum Gasteiger partial charge on any atom is 0.152 e. The number of nitrogen functional groups attached to an aromatic ring is 1. The molecule has 3 heterocycles. The summed E-state index contributed by atoms with van der Waals surface area (Å²) in [4.78, 5) is 2.32. The fourth-order valence-electron chi connectivity index (χ4n) is 2.84. The van der Waals surface area contributed by atoms with Crippen molar-refractivity contribution in [1.29, 1.82) is 0 Å². The summed E-state index contributed by atoms with van der Waals surface area (Å²) in [6.45, 7) is 4.11. The number of hydrogen-bond acceptors (Lipinski definition) is 5. The molecule has 5 nitrogen and oxygen atoms in total. The molecule has 7 heteroatoms. The van der Waals surface area contributed by atoms with E-state index in [1.807, 2.05) is 6.92 Å². The lowest BCUT2D eigenvalue weighted by Crippen LogP contribution is -2.15. The van der Waals surface area contributed by atoms with Crippen LogP contribution < -0.4 is 5.73 Å². The average molecular weight is 325 g/mol. The fourth-order valence-corrected chi connectivity index (χ4v) is 5.41. The van der Waals surface area contributed by atoms with E-state index >= 15 is 0 Å². The van der Waals surface area contributed by atoms with E-state index < -0.39 is 9.84 Å². The normalized spacial score (nSPS) is 21.0. The van der Waals surface area contributed by atoms with Gasteiger partial charge >= 0.3 is 0 Å². The molecule has 0 aliphatic carbocycles. The lowest BCUT2D eigenvalue weighted by Gasteiger charge is -2.10. The number of sulfone groups is 1. The highest BCUT2D eigenvalue weighted by molar-refractivity contribution is 7.91. The zero-order valence-corrected chi connectivity index (χ0v) is 13.8. The molecule has 1 aliphatic rings. The SMILES string of the molecule is CCc1c(-c2ccc(C)s2)nn(C2CCS(=O)(=O)C2)c1N. The number of thiophene rings is 1. The predicted molar refractivity (Wildman–Crippen MR) is 86.4 cm³/mol. The Balaban J connectivity index is 2.06. The van der Waals surface area contributed by atoms with E-state index in [-0.39, 0.29) is 17.5 Å². The Labute approximate surface area is 128 Å². The number of nitrogens with zero attached hydrogens (tertiary/aromatic N) is 2. The molecule has 0 aromatic carbocycles. The molecule has 0 spiro atoms. The van der Waals surface area contributed by atoms with Gasteiger partial charge in [0.2, 0.25) is 0 Å². The Hall–Kier alpha value is -1.34. The van der Waals surface area contributed by atoms with Crippen molar-refractivity contribution in [2.24, 2.45) is 0 Å². The number of nitrogens with two attached hydrogens (primary N) is 1. The second-order valence-electron chi connectivity index (χ2n) is 5.48. The van der Waals surface area contributed by atoms with Crippen LogP contribution in [0.5, 0.6) is 0 Å². The van der Waals surface area contributed by atoms with Crippen LogP contribution in [0.3, 0.4) is 0 Å². The van der Waals surface area contributed by atoms with Gasteiger partial charge in [-0.3, -0.25) is 0 Å². The first-order valence-corrected chi connectivity index (χ1v) is 9.69. The molecule has 1 atom stereocenters. The van der Waals surface area contributed by atoms with Gasteiger partial charge in [0.1, 0.15) is 11.5 Å².